The van der Waals surface area contributed by atoms with E-state index in [4.69, 9.17) is 11.6 Å². The van der Waals surface area contributed by atoms with Crippen LogP contribution in [0.1, 0.15) is 23.2 Å². The molecule has 170 valence electrons. The summed E-state index contributed by atoms with van der Waals surface area (Å²) in [6.07, 6.45) is 7.23. The SMILES string of the molecule is Cc1c(/C=N\N2C(=O)[C@@H]3[C@H]4C=C[C@H]([C@@H]5C[C@H]45)[C@@H]3C2=O)c2ccccc2n1Cc1ccccc1Cl. The number of hydrazone groups is 1. The second kappa shape index (κ2) is 7.16. The van der Waals surface area contributed by atoms with Crippen LogP contribution in [0.2, 0.25) is 5.02 Å². The first-order valence-electron chi connectivity index (χ1n) is 12.0. The van der Waals surface area contributed by atoms with Crippen LogP contribution in [0.25, 0.3) is 10.9 Å². The number of allylic oxidation sites excluding steroid dienone is 2. The Kier molecular flexibility index (Phi) is 4.26. The molecule has 2 amide bonds. The fourth-order valence-corrected chi connectivity index (χ4v) is 6.99. The average molecular weight is 470 g/mol. The van der Waals surface area contributed by atoms with Crippen molar-refractivity contribution in [3.05, 3.63) is 82.5 Å². The summed E-state index contributed by atoms with van der Waals surface area (Å²) < 4.78 is 2.21. The highest BCUT2D eigenvalue weighted by Gasteiger charge is 2.67. The van der Waals surface area contributed by atoms with Crippen LogP contribution in [0.3, 0.4) is 0 Å². The Bertz CT molecular complexity index is 1400. The summed E-state index contributed by atoms with van der Waals surface area (Å²) in [5.41, 5.74) is 4.04. The highest BCUT2D eigenvalue weighted by Crippen LogP contribution is 2.65. The lowest BCUT2D eigenvalue weighted by molar-refractivity contribution is -0.140. The molecular formula is C28H24ClN3O2. The molecule has 3 fully saturated rings. The average Bonchev–Trinajstić information content (AvgIpc) is 3.59. The van der Waals surface area contributed by atoms with E-state index in [2.05, 4.69) is 34.0 Å². The third-order valence-corrected chi connectivity index (χ3v) is 8.88. The highest BCUT2D eigenvalue weighted by atomic mass is 35.5. The van der Waals surface area contributed by atoms with Gasteiger partial charge in [0, 0.05) is 33.7 Å². The standard InChI is InChI=1S/C28H24ClN3O2/c1-15-22(17-7-3-5-9-24(17)31(15)14-16-6-2-4-8-23(16)29)13-30-32-27(33)25-18-10-11-19(21-12-20(18)21)26(25)28(32)34/h2-11,13,18-21,25-26H,12,14H2,1H3/b30-13-/t18-,19+,20+,21-,25+,26-. The van der Waals surface area contributed by atoms with E-state index in [0.717, 1.165) is 44.2 Å². The van der Waals surface area contributed by atoms with Gasteiger partial charge in [0.15, 0.2) is 0 Å². The smallest absolute Gasteiger partial charge is 0.254 e. The van der Waals surface area contributed by atoms with Crippen molar-refractivity contribution < 1.29 is 9.59 Å². The first-order valence-corrected chi connectivity index (χ1v) is 12.3. The second-order valence-corrected chi connectivity index (χ2v) is 10.5. The molecule has 2 heterocycles. The second-order valence-electron chi connectivity index (χ2n) is 10.1. The van der Waals surface area contributed by atoms with Crippen LogP contribution in [-0.4, -0.2) is 27.6 Å². The van der Waals surface area contributed by atoms with Crippen molar-refractivity contribution in [1.82, 2.24) is 9.58 Å². The molecule has 6 heteroatoms. The molecule has 3 aromatic rings. The summed E-state index contributed by atoms with van der Waals surface area (Å²) in [6, 6.07) is 16.0. The van der Waals surface area contributed by atoms with Gasteiger partial charge in [-0.15, -0.1) is 0 Å². The van der Waals surface area contributed by atoms with Gasteiger partial charge in [-0.05, 0) is 54.7 Å². The molecule has 1 aliphatic heterocycles. The van der Waals surface area contributed by atoms with Gasteiger partial charge < -0.3 is 4.57 Å². The number of nitrogens with zero attached hydrogens (tertiary/aromatic N) is 3. The minimum Gasteiger partial charge on any atom is -0.340 e. The zero-order valence-corrected chi connectivity index (χ0v) is 19.5. The molecule has 0 unspecified atom stereocenters. The number of fused-ring (bicyclic) bond motifs is 1. The van der Waals surface area contributed by atoms with Gasteiger partial charge >= 0.3 is 0 Å². The number of imide groups is 1. The highest BCUT2D eigenvalue weighted by molar-refractivity contribution is 6.31. The summed E-state index contributed by atoms with van der Waals surface area (Å²) in [5, 5.41) is 7.43. The van der Waals surface area contributed by atoms with E-state index in [1.54, 1.807) is 6.21 Å². The quantitative estimate of drug-likeness (QED) is 0.305. The van der Waals surface area contributed by atoms with Gasteiger partial charge in [0.25, 0.3) is 11.8 Å². The Morgan fingerprint density at radius 2 is 1.62 bits per heavy atom. The summed E-state index contributed by atoms with van der Waals surface area (Å²) in [6.45, 7) is 2.67. The molecule has 8 rings (SSSR count). The Hall–Kier alpha value is -3.18. The third-order valence-electron chi connectivity index (χ3n) is 8.51. The van der Waals surface area contributed by atoms with Crippen LogP contribution in [-0.2, 0) is 16.1 Å². The molecule has 2 bridgehead atoms. The summed E-state index contributed by atoms with van der Waals surface area (Å²) >= 11 is 6.44. The zero-order chi connectivity index (χ0) is 23.1. The van der Waals surface area contributed by atoms with E-state index in [-0.39, 0.29) is 35.5 Å². The summed E-state index contributed by atoms with van der Waals surface area (Å²) in [4.78, 5) is 26.6. The first kappa shape index (κ1) is 20.2. The number of para-hydroxylation sites is 1. The Morgan fingerprint density at radius 3 is 2.32 bits per heavy atom. The van der Waals surface area contributed by atoms with Crippen molar-refractivity contribution in [3.8, 4) is 0 Å². The molecule has 2 saturated carbocycles. The number of hydrogen-bond acceptors (Lipinski definition) is 3. The van der Waals surface area contributed by atoms with E-state index in [1.807, 2.05) is 43.3 Å². The fraction of sp³-hybridized carbons (Fsp3) is 0.321. The number of hydrogen-bond donors (Lipinski definition) is 0. The van der Waals surface area contributed by atoms with Crippen molar-refractivity contribution in [2.75, 3.05) is 0 Å². The van der Waals surface area contributed by atoms with Crippen LogP contribution in [0, 0.1) is 42.4 Å². The third kappa shape index (κ3) is 2.70. The van der Waals surface area contributed by atoms with Crippen molar-refractivity contribution in [3.63, 3.8) is 0 Å². The number of carbonyl (C=O) groups excluding carboxylic acids is 2. The number of halogens is 1. The van der Waals surface area contributed by atoms with Crippen LogP contribution >= 0.6 is 11.6 Å². The van der Waals surface area contributed by atoms with Crippen molar-refractivity contribution >= 4 is 40.5 Å². The van der Waals surface area contributed by atoms with Gasteiger partial charge in [0.05, 0.1) is 18.1 Å². The number of rotatable bonds is 4. The van der Waals surface area contributed by atoms with Crippen molar-refractivity contribution in [2.24, 2.45) is 40.6 Å². The predicted molar refractivity (Wildman–Crippen MR) is 131 cm³/mol. The monoisotopic (exact) mass is 469 g/mol. The molecule has 2 aromatic carbocycles. The van der Waals surface area contributed by atoms with E-state index in [1.165, 1.54) is 0 Å². The van der Waals surface area contributed by atoms with Gasteiger partial charge in [0.1, 0.15) is 0 Å². The summed E-state index contributed by atoms with van der Waals surface area (Å²) in [7, 11) is 0. The normalized spacial score (nSPS) is 31.1. The maximum Gasteiger partial charge on any atom is 0.254 e. The minimum atomic E-state index is -0.230. The molecule has 34 heavy (non-hydrogen) atoms. The fourth-order valence-electron chi connectivity index (χ4n) is 6.79. The predicted octanol–water partition coefficient (Wildman–Crippen LogP) is 5.04. The maximum atomic E-state index is 13.3. The number of carbonyl (C=O) groups is 2. The lowest BCUT2D eigenvalue weighted by Crippen LogP contribution is -2.40. The van der Waals surface area contributed by atoms with Crippen molar-refractivity contribution in [2.45, 2.75) is 19.9 Å². The summed E-state index contributed by atoms with van der Waals surface area (Å²) in [5.74, 6) is 0.856. The molecule has 0 N–H and O–H groups in total. The van der Waals surface area contributed by atoms with Crippen LogP contribution < -0.4 is 0 Å². The van der Waals surface area contributed by atoms with Crippen molar-refractivity contribution in [1.29, 1.82) is 0 Å². The maximum absolute atomic E-state index is 13.3. The molecule has 5 nitrogen and oxygen atoms in total. The minimum absolute atomic E-state index is 0.131. The lowest BCUT2D eigenvalue weighted by atomic mass is 9.63. The van der Waals surface area contributed by atoms with Gasteiger partial charge in [-0.25, -0.2) is 0 Å². The van der Waals surface area contributed by atoms with E-state index in [9.17, 15) is 9.59 Å². The van der Waals surface area contributed by atoms with E-state index in [0.29, 0.717) is 18.4 Å². The van der Waals surface area contributed by atoms with Gasteiger partial charge in [-0.1, -0.05) is 60.2 Å². The molecule has 6 atom stereocenters. The molecule has 0 spiro atoms. The van der Waals surface area contributed by atoms with E-state index >= 15 is 0 Å². The van der Waals surface area contributed by atoms with Gasteiger partial charge in [-0.3, -0.25) is 9.59 Å². The Morgan fingerprint density at radius 1 is 0.971 bits per heavy atom. The molecule has 5 aliphatic rings. The molecular weight excluding hydrogens is 446 g/mol. The van der Waals surface area contributed by atoms with Gasteiger partial charge in [-0.2, -0.15) is 10.1 Å². The van der Waals surface area contributed by atoms with Crippen LogP contribution in [0.15, 0.2) is 65.8 Å². The molecule has 4 aliphatic carbocycles. The van der Waals surface area contributed by atoms with Gasteiger partial charge in [0.2, 0.25) is 0 Å². The molecule has 0 radical (unpaired) electrons. The molecule has 1 aromatic heterocycles. The van der Waals surface area contributed by atoms with Crippen LogP contribution in [0.5, 0.6) is 0 Å². The number of amides is 2. The van der Waals surface area contributed by atoms with Crippen LogP contribution in [0.4, 0.5) is 0 Å². The van der Waals surface area contributed by atoms with E-state index < -0.39 is 0 Å². The number of benzene rings is 2. The Balaban J connectivity index is 1.25. The largest absolute Gasteiger partial charge is 0.340 e. The zero-order valence-electron chi connectivity index (χ0n) is 18.8. The topological polar surface area (TPSA) is 54.7 Å². The molecule has 1 saturated heterocycles. The lowest BCUT2D eigenvalue weighted by Gasteiger charge is -2.37. The number of aromatic nitrogens is 1. The Labute approximate surface area is 202 Å². The first-order chi connectivity index (χ1) is 16.5.